The van der Waals surface area contributed by atoms with Gasteiger partial charge in [0.1, 0.15) is 6.54 Å². The number of benzene rings is 1. The fraction of sp³-hybridized carbons (Fsp3) is 0.235. The molecule has 0 unspecified atom stereocenters. The Morgan fingerprint density at radius 3 is 2.76 bits per heavy atom. The van der Waals surface area contributed by atoms with Crippen LogP contribution in [-0.2, 0) is 4.79 Å². The zero-order chi connectivity index (χ0) is 17.8. The van der Waals surface area contributed by atoms with Crippen LogP contribution in [0.5, 0.6) is 0 Å². The van der Waals surface area contributed by atoms with E-state index in [0.717, 1.165) is 11.4 Å². The minimum Gasteiger partial charge on any atom is -0.298 e. The van der Waals surface area contributed by atoms with Crippen LogP contribution in [0.2, 0.25) is 0 Å². The Bertz CT molecular complexity index is 947. The van der Waals surface area contributed by atoms with Gasteiger partial charge in [0.25, 0.3) is 5.78 Å². The average molecular weight is 352 g/mol. The van der Waals surface area contributed by atoms with E-state index in [4.69, 9.17) is 5.26 Å². The molecule has 0 atom stereocenters. The van der Waals surface area contributed by atoms with Gasteiger partial charge in [0, 0.05) is 17.1 Å². The molecular formula is C17H16N6OS. The van der Waals surface area contributed by atoms with Crippen molar-refractivity contribution in [3.8, 4) is 6.07 Å². The number of carbonyl (C=O) groups is 1. The number of amides is 1. The highest BCUT2D eigenvalue weighted by Crippen LogP contribution is 2.21. The summed E-state index contributed by atoms with van der Waals surface area (Å²) >= 11 is 1.28. The summed E-state index contributed by atoms with van der Waals surface area (Å²) in [7, 11) is 0. The second kappa shape index (κ2) is 7.32. The van der Waals surface area contributed by atoms with E-state index in [1.54, 1.807) is 0 Å². The van der Waals surface area contributed by atoms with Crippen LogP contribution in [-0.4, -0.2) is 37.8 Å². The maximum Gasteiger partial charge on any atom is 0.256 e. The number of nitriles is 1. The SMILES string of the molecule is Cc1cc(C)n2c(SCC(=O)N(CC#N)c3ccccc3)nnc2n1. The van der Waals surface area contributed by atoms with E-state index in [-0.39, 0.29) is 18.2 Å². The number of hydrogen-bond acceptors (Lipinski definition) is 6. The summed E-state index contributed by atoms with van der Waals surface area (Å²) < 4.78 is 1.82. The van der Waals surface area contributed by atoms with Crippen molar-refractivity contribution in [3.05, 3.63) is 47.8 Å². The minimum absolute atomic E-state index is 0.00374. The Morgan fingerprint density at radius 2 is 2.04 bits per heavy atom. The molecule has 1 amide bonds. The van der Waals surface area contributed by atoms with E-state index in [9.17, 15) is 4.79 Å². The normalized spacial score (nSPS) is 10.6. The molecule has 0 spiro atoms. The second-order valence-corrected chi connectivity index (χ2v) is 6.36. The molecule has 0 bridgehead atoms. The third-order valence-corrected chi connectivity index (χ3v) is 4.50. The number of thioether (sulfide) groups is 1. The molecule has 25 heavy (non-hydrogen) atoms. The molecule has 0 radical (unpaired) electrons. The molecule has 7 nitrogen and oxygen atoms in total. The third-order valence-electron chi connectivity index (χ3n) is 3.59. The van der Waals surface area contributed by atoms with Crippen molar-refractivity contribution in [3.63, 3.8) is 0 Å². The number of hydrogen-bond donors (Lipinski definition) is 0. The quantitative estimate of drug-likeness (QED) is 0.517. The van der Waals surface area contributed by atoms with Crippen molar-refractivity contribution in [2.45, 2.75) is 19.0 Å². The van der Waals surface area contributed by atoms with Gasteiger partial charge in [0.2, 0.25) is 5.91 Å². The molecule has 0 N–H and O–H groups in total. The molecule has 3 aromatic rings. The van der Waals surface area contributed by atoms with Gasteiger partial charge in [-0.3, -0.25) is 14.1 Å². The van der Waals surface area contributed by atoms with Crippen LogP contribution in [0.3, 0.4) is 0 Å². The first-order chi connectivity index (χ1) is 12.1. The molecule has 2 heterocycles. The Balaban J connectivity index is 1.79. The molecule has 0 saturated heterocycles. The predicted octanol–water partition coefficient (Wildman–Crippen LogP) is 2.39. The largest absolute Gasteiger partial charge is 0.298 e. The van der Waals surface area contributed by atoms with E-state index < -0.39 is 0 Å². The lowest BCUT2D eigenvalue weighted by Crippen LogP contribution is -2.32. The summed E-state index contributed by atoms with van der Waals surface area (Å²) in [5, 5.41) is 17.8. The number of nitrogens with zero attached hydrogens (tertiary/aromatic N) is 6. The first kappa shape index (κ1) is 16.9. The predicted molar refractivity (Wildman–Crippen MR) is 95.4 cm³/mol. The van der Waals surface area contributed by atoms with Crippen molar-refractivity contribution in [2.75, 3.05) is 17.2 Å². The number of para-hydroxylation sites is 1. The van der Waals surface area contributed by atoms with Gasteiger partial charge in [0.15, 0.2) is 5.16 Å². The number of aromatic nitrogens is 4. The summed E-state index contributed by atoms with van der Waals surface area (Å²) in [6.07, 6.45) is 0. The van der Waals surface area contributed by atoms with Crippen LogP contribution in [0.1, 0.15) is 11.4 Å². The van der Waals surface area contributed by atoms with Gasteiger partial charge in [0.05, 0.1) is 11.8 Å². The van der Waals surface area contributed by atoms with Crippen LogP contribution < -0.4 is 4.90 Å². The summed E-state index contributed by atoms with van der Waals surface area (Å²) in [4.78, 5) is 18.4. The molecule has 1 aromatic carbocycles. The summed E-state index contributed by atoms with van der Waals surface area (Å²) in [5.41, 5.74) is 2.53. The van der Waals surface area contributed by atoms with Crippen LogP contribution in [0, 0.1) is 25.2 Å². The molecule has 3 rings (SSSR count). The molecule has 0 saturated carbocycles. The summed E-state index contributed by atoms with van der Waals surface area (Å²) in [5.74, 6) is 0.515. The van der Waals surface area contributed by atoms with Crippen LogP contribution >= 0.6 is 11.8 Å². The summed E-state index contributed by atoms with van der Waals surface area (Å²) in [6.45, 7) is 3.85. The fourth-order valence-electron chi connectivity index (χ4n) is 2.50. The van der Waals surface area contributed by atoms with Gasteiger partial charge < -0.3 is 0 Å². The Labute approximate surface area is 149 Å². The highest BCUT2D eigenvalue weighted by atomic mass is 32.2. The number of carbonyl (C=O) groups excluding carboxylic acids is 1. The lowest BCUT2D eigenvalue weighted by atomic mass is 10.3. The Hall–Kier alpha value is -2.92. The van der Waals surface area contributed by atoms with Crippen molar-refractivity contribution in [2.24, 2.45) is 0 Å². The van der Waals surface area contributed by atoms with E-state index in [0.29, 0.717) is 16.6 Å². The lowest BCUT2D eigenvalue weighted by molar-refractivity contribution is -0.116. The Morgan fingerprint density at radius 1 is 1.28 bits per heavy atom. The van der Waals surface area contributed by atoms with Crippen LogP contribution in [0.25, 0.3) is 5.78 Å². The van der Waals surface area contributed by atoms with Crippen molar-refractivity contribution >= 4 is 29.1 Å². The molecule has 0 fully saturated rings. The number of anilines is 1. The number of rotatable bonds is 5. The zero-order valence-electron chi connectivity index (χ0n) is 13.9. The van der Waals surface area contributed by atoms with Gasteiger partial charge in [-0.15, -0.1) is 10.2 Å². The average Bonchev–Trinajstić information content (AvgIpc) is 3.01. The van der Waals surface area contributed by atoms with Crippen molar-refractivity contribution < 1.29 is 4.79 Å². The first-order valence-electron chi connectivity index (χ1n) is 7.64. The van der Waals surface area contributed by atoms with Crippen molar-refractivity contribution in [1.82, 2.24) is 19.6 Å². The monoisotopic (exact) mass is 352 g/mol. The fourth-order valence-corrected chi connectivity index (χ4v) is 3.36. The van der Waals surface area contributed by atoms with Crippen molar-refractivity contribution in [1.29, 1.82) is 5.26 Å². The highest BCUT2D eigenvalue weighted by Gasteiger charge is 2.18. The molecule has 2 aromatic heterocycles. The maximum absolute atomic E-state index is 12.6. The molecule has 0 aliphatic carbocycles. The summed E-state index contributed by atoms with van der Waals surface area (Å²) in [6, 6.07) is 13.1. The zero-order valence-corrected chi connectivity index (χ0v) is 14.7. The van der Waals surface area contributed by atoms with Gasteiger partial charge >= 0.3 is 0 Å². The van der Waals surface area contributed by atoms with Gasteiger partial charge in [-0.25, -0.2) is 4.98 Å². The number of aryl methyl sites for hydroxylation is 2. The maximum atomic E-state index is 12.6. The van der Waals surface area contributed by atoms with E-state index >= 15 is 0 Å². The van der Waals surface area contributed by atoms with E-state index in [1.165, 1.54) is 16.7 Å². The molecule has 0 aliphatic heterocycles. The molecule has 126 valence electrons. The Kier molecular flexibility index (Phi) is 4.95. The van der Waals surface area contributed by atoms with Gasteiger partial charge in [-0.1, -0.05) is 30.0 Å². The standard InChI is InChI=1S/C17H16N6OS/c1-12-10-13(2)23-16(19-12)20-21-17(23)25-11-15(24)22(9-8-18)14-6-4-3-5-7-14/h3-7,10H,9,11H2,1-2H3. The van der Waals surface area contributed by atoms with Gasteiger partial charge in [-0.05, 0) is 32.0 Å². The molecular weight excluding hydrogens is 336 g/mol. The first-order valence-corrected chi connectivity index (χ1v) is 8.63. The smallest absolute Gasteiger partial charge is 0.256 e. The third kappa shape index (κ3) is 3.61. The minimum atomic E-state index is -0.160. The highest BCUT2D eigenvalue weighted by molar-refractivity contribution is 7.99. The van der Waals surface area contributed by atoms with E-state index in [1.807, 2.05) is 60.7 Å². The van der Waals surface area contributed by atoms with Crippen LogP contribution in [0.15, 0.2) is 41.6 Å². The lowest BCUT2D eigenvalue weighted by Gasteiger charge is -2.19. The topological polar surface area (TPSA) is 87.2 Å². The molecule has 0 aliphatic rings. The van der Waals surface area contributed by atoms with E-state index in [2.05, 4.69) is 15.2 Å². The van der Waals surface area contributed by atoms with Crippen LogP contribution in [0.4, 0.5) is 5.69 Å². The van der Waals surface area contributed by atoms with Gasteiger partial charge in [-0.2, -0.15) is 5.26 Å². The number of fused-ring (bicyclic) bond motifs is 1. The second-order valence-electron chi connectivity index (χ2n) is 5.42. The molecule has 8 heteroatoms.